The molecule has 1 fully saturated rings. The maximum Gasteiger partial charge on any atom is 0.333 e. The first-order valence-electron chi connectivity index (χ1n) is 17.0. The monoisotopic (exact) mass is 671 g/mol. The van der Waals surface area contributed by atoms with E-state index in [0.29, 0.717) is 35.1 Å². The molecule has 0 aliphatic heterocycles. The highest BCUT2D eigenvalue weighted by Gasteiger charge is 2.35. The normalized spacial score (nSPS) is 21.7. The summed E-state index contributed by atoms with van der Waals surface area (Å²) in [5.74, 6) is -0.109. The number of nitrogens with zero attached hydrogens (tertiary/aromatic N) is 2. The highest BCUT2D eigenvalue weighted by atomic mass is 35.5. The Morgan fingerprint density at radius 2 is 1.81 bits per heavy atom. The predicted octanol–water partition coefficient (Wildman–Crippen LogP) is 9.49. The maximum absolute atomic E-state index is 14.5. The molecule has 1 aliphatic rings. The van der Waals surface area contributed by atoms with Crippen molar-refractivity contribution in [1.82, 2.24) is 5.32 Å². The molecular formula is C39H62ClN3O4. The predicted molar refractivity (Wildman–Crippen MR) is 199 cm³/mol. The summed E-state index contributed by atoms with van der Waals surface area (Å²) in [7, 11) is 3.18. The van der Waals surface area contributed by atoms with Crippen LogP contribution >= 0.6 is 11.6 Å². The zero-order valence-corrected chi connectivity index (χ0v) is 31.9. The van der Waals surface area contributed by atoms with E-state index in [2.05, 4.69) is 65.4 Å². The lowest BCUT2D eigenvalue weighted by Gasteiger charge is -2.30. The van der Waals surface area contributed by atoms with Gasteiger partial charge >= 0.3 is 5.97 Å². The Hall–Kier alpha value is -2.93. The van der Waals surface area contributed by atoms with E-state index in [4.69, 9.17) is 26.1 Å². The fraction of sp³-hybridized carbons (Fsp3) is 0.641. The third-order valence-electron chi connectivity index (χ3n) is 8.60. The van der Waals surface area contributed by atoms with Crippen LogP contribution in [0, 0.1) is 16.7 Å². The lowest BCUT2D eigenvalue weighted by molar-refractivity contribution is -0.139. The second-order valence-corrected chi connectivity index (χ2v) is 15.6. The average Bonchev–Trinajstić information content (AvgIpc) is 3.18. The zero-order chi connectivity index (χ0) is 35.8. The Labute approximate surface area is 290 Å². The smallest absolute Gasteiger partial charge is 0.333 e. The van der Waals surface area contributed by atoms with Gasteiger partial charge in [-0.15, -0.1) is 0 Å². The first-order valence-corrected chi connectivity index (χ1v) is 17.4. The van der Waals surface area contributed by atoms with Crippen LogP contribution in [0.15, 0.2) is 68.9 Å². The molecule has 3 atom stereocenters. The summed E-state index contributed by atoms with van der Waals surface area (Å²) in [6.45, 7) is 23.7. The molecule has 1 saturated carbocycles. The zero-order valence-electron chi connectivity index (χ0n) is 31.1. The third-order valence-corrected chi connectivity index (χ3v) is 8.80. The van der Waals surface area contributed by atoms with Crippen molar-refractivity contribution in [2.24, 2.45) is 26.7 Å². The van der Waals surface area contributed by atoms with Crippen molar-refractivity contribution in [1.29, 1.82) is 0 Å². The van der Waals surface area contributed by atoms with E-state index >= 15 is 0 Å². The van der Waals surface area contributed by atoms with E-state index < -0.39 is 11.6 Å². The first kappa shape index (κ1) is 42.1. The van der Waals surface area contributed by atoms with Gasteiger partial charge in [0.1, 0.15) is 12.0 Å². The van der Waals surface area contributed by atoms with Crippen molar-refractivity contribution in [3.8, 4) is 0 Å². The van der Waals surface area contributed by atoms with Gasteiger partial charge in [-0.05, 0) is 87.2 Å². The van der Waals surface area contributed by atoms with Crippen molar-refractivity contribution >= 4 is 35.4 Å². The topological polar surface area (TPSA) is 89.3 Å². The van der Waals surface area contributed by atoms with Gasteiger partial charge in [0.15, 0.2) is 0 Å². The van der Waals surface area contributed by atoms with Gasteiger partial charge in [0.25, 0.3) is 5.91 Å². The number of carbonyl (C=O) groups is 2. The molecule has 0 aromatic rings. The van der Waals surface area contributed by atoms with Gasteiger partial charge in [-0.2, -0.15) is 0 Å². The number of amides is 1. The summed E-state index contributed by atoms with van der Waals surface area (Å²) in [4.78, 5) is 36.4. The molecule has 0 radical (unpaired) electrons. The van der Waals surface area contributed by atoms with Crippen LogP contribution in [0.1, 0.15) is 114 Å². The van der Waals surface area contributed by atoms with E-state index in [1.54, 1.807) is 38.4 Å². The Bertz CT molecular complexity index is 1240. The van der Waals surface area contributed by atoms with Crippen LogP contribution in [0.2, 0.25) is 0 Å². The molecule has 0 saturated heterocycles. The van der Waals surface area contributed by atoms with Gasteiger partial charge in [-0.1, -0.05) is 91.3 Å². The van der Waals surface area contributed by atoms with E-state index in [0.717, 1.165) is 50.5 Å². The number of halogens is 1. The number of nitrogens with one attached hydrogen (secondary N) is 1. The fourth-order valence-electron chi connectivity index (χ4n) is 5.63. The highest BCUT2D eigenvalue weighted by Crippen LogP contribution is 2.41. The minimum Gasteiger partial charge on any atom is -0.503 e. The Balaban J connectivity index is 3.74. The second-order valence-electron chi connectivity index (χ2n) is 15.2. The summed E-state index contributed by atoms with van der Waals surface area (Å²) >= 11 is 6.48. The van der Waals surface area contributed by atoms with Crippen LogP contribution in [0.3, 0.4) is 0 Å². The number of rotatable bonds is 15. The molecule has 0 heterocycles. The van der Waals surface area contributed by atoms with Crippen molar-refractivity contribution in [2.45, 2.75) is 125 Å². The van der Waals surface area contributed by atoms with E-state index in [9.17, 15) is 9.59 Å². The molecule has 1 rings (SSSR count). The van der Waals surface area contributed by atoms with Crippen molar-refractivity contribution in [3.05, 3.63) is 58.9 Å². The molecule has 7 nitrogen and oxygen atoms in total. The Kier molecular flexibility index (Phi) is 17.7. The number of esters is 1. The quantitative estimate of drug-likeness (QED) is 0.0469. The minimum atomic E-state index is -0.443. The Morgan fingerprint density at radius 1 is 1.13 bits per heavy atom. The standard InChI is InChI=1S/C39H62ClN3O4/c1-13-24-47-36(45)28(3)17-18-29(14-2)33(20-22-37(4,5)6)42-35(44)34(30(26-41-11)25-32(40)27-46-12)43-39(10)21-15-16-31(19-23-39)38(7,8)9/h14,17-18,25-27,31,33H,2,13,15-16,19-24H2,1,3-12H3,(H,42,44)/b28-17+,29-18+,30-25+,32-27-,41-26?,43-34?/t31?,33-,39?/m1/s1. The second kappa shape index (κ2) is 19.8. The average molecular weight is 672 g/mol. The van der Waals surface area contributed by atoms with E-state index in [1.165, 1.54) is 13.4 Å². The summed E-state index contributed by atoms with van der Waals surface area (Å²) in [6, 6.07) is -0.392. The summed E-state index contributed by atoms with van der Waals surface area (Å²) in [5, 5.41) is 3.59. The van der Waals surface area contributed by atoms with Gasteiger partial charge in [-0.3, -0.25) is 14.8 Å². The van der Waals surface area contributed by atoms with Gasteiger partial charge in [-0.25, -0.2) is 4.79 Å². The summed E-state index contributed by atoms with van der Waals surface area (Å²) in [5.41, 5.74) is 1.81. The number of hydrogen-bond acceptors (Lipinski definition) is 6. The van der Waals surface area contributed by atoms with Gasteiger partial charge in [0.2, 0.25) is 0 Å². The van der Waals surface area contributed by atoms with Gasteiger partial charge in [0, 0.05) is 24.4 Å². The minimum absolute atomic E-state index is 0.0255. The number of methoxy groups -OCH3 is 1. The fourth-order valence-corrected chi connectivity index (χ4v) is 5.84. The SMILES string of the molecule is C=C/C(=C\C=C(/C)C(=O)OCCC)[C@@H](CCC(C)(C)C)NC(=O)C(=NC1(C)CCCC(C(C)(C)C)CC1)/C(C=NC)=C/C(Cl)=C/OC. The molecule has 0 spiro atoms. The summed E-state index contributed by atoms with van der Waals surface area (Å²) in [6.07, 6.45) is 17.2. The molecule has 0 bridgehead atoms. The van der Waals surface area contributed by atoms with Crippen LogP contribution in [0.4, 0.5) is 0 Å². The Morgan fingerprint density at radius 3 is 2.36 bits per heavy atom. The van der Waals surface area contributed by atoms with Crippen LogP contribution in [-0.4, -0.2) is 56.1 Å². The molecule has 8 heteroatoms. The summed E-state index contributed by atoms with van der Waals surface area (Å²) < 4.78 is 10.4. The highest BCUT2D eigenvalue weighted by molar-refractivity contribution is 6.50. The first-order chi connectivity index (χ1) is 21.9. The lowest BCUT2D eigenvalue weighted by atomic mass is 9.76. The molecule has 0 aromatic heterocycles. The van der Waals surface area contributed by atoms with Crippen molar-refractivity contribution in [2.75, 3.05) is 20.8 Å². The van der Waals surface area contributed by atoms with E-state index in [1.807, 2.05) is 13.0 Å². The van der Waals surface area contributed by atoms with Crippen LogP contribution in [0.25, 0.3) is 0 Å². The third kappa shape index (κ3) is 15.7. The lowest BCUT2D eigenvalue weighted by Crippen LogP contribution is -2.42. The van der Waals surface area contributed by atoms with Gasteiger partial charge in [0.05, 0.1) is 30.3 Å². The molecule has 1 amide bonds. The molecule has 2 unspecified atom stereocenters. The maximum atomic E-state index is 14.5. The van der Waals surface area contributed by atoms with Crippen LogP contribution < -0.4 is 5.32 Å². The molecule has 264 valence electrons. The molecular weight excluding hydrogens is 610 g/mol. The van der Waals surface area contributed by atoms with Gasteiger partial charge < -0.3 is 14.8 Å². The van der Waals surface area contributed by atoms with Crippen LogP contribution in [-0.2, 0) is 19.1 Å². The number of ether oxygens (including phenoxy) is 2. The van der Waals surface area contributed by atoms with Crippen molar-refractivity contribution in [3.63, 3.8) is 0 Å². The number of carbonyl (C=O) groups excluding carboxylic acids is 2. The van der Waals surface area contributed by atoms with E-state index in [-0.39, 0.29) is 28.4 Å². The van der Waals surface area contributed by atoms with Crippen LogP contribution in [0.5, 0.6) is 0 Å². The molecule has 47 heavy (non-hydrogen) atoms. The number of allylic oxidation sites excluding steroid dienone is 4. The van der Waals surface area contributed by atoms with Crippen molar-refractivity contribution < 1.29 is 19.1 Å². The molecule has 1 aliphatic carbocycles. The number of hydrogen-bond donors (Lipinski definition) is 1. The largest absolute Gasteiger partial charge is 0.503 e. The number of aliphatic imine (C=N–C) groups is 2. The molecule has 0 aromatic carbocycles. The molecule has 1 N–H and O–H groups in total.